The predicted octanol–water partition coefficient (Wildman–Crippen LogP) is 3.58. The largest absolute Gasteiger partial charge is 0.366 e. The number of nitrogens with two attached hydrogens (primary N) is 1. The molecular weight excluding hydrogens is 348 g/mol. The van der Waals surface area contributed by atoms with E-state index in [1.165, 1.54) is 0 Å². The van der Waals surface area contributed by atoms with Gasteiger partial charge in [0.25, 0.3) is 0 Å². The Morgan fingerprint density at radius 2 is 1.88 bits per heavy atom. The molecule has 0 aromatic heterocycles. The molecule has 0 aliphatic heterocycles. The van der Waals surface area contributed by atoms with E-state index >= 15 is 0 Å². The number of nitrogens with one attached hydrogen (secondary N) is 1. The number of amides is 1. The van der Waals surface area contributed by atoms with Crippen molar-refractivity contribution < 1.29 is 13.2 Å². The summed E-state index contributed by atoms with van der Waals surface area (Å²) < 4.78 is 25.1. The molecule has 2 aromatic rings. The van der Waals surface area contributed by atoms with Crippen LogP contribution in [0.1, 0.15) is 41.6 Å². The van der Waals surface area contributed by atoms with Crippen molar-refractivity contribution >= 4 is 27.2 Å². The van der Waals surface area contributed by atoms with Crippen LogP contribution >= 0.6 is 0 Å². The lowest BCUT2D eigenvalue weighted by molar-refractivity contribution is 0.100. The van der Waals surface area contributed by atoms with Gasteiger partial charge in [-0.1, -0.05) is 30.3 Å². The van der Waals surface area contributed by atoms with Crippen molar-refractivity contribution in [2.24, 2.45) is 5.73 Å². The molecule has 26 heavy (non-hydrogen) atoms. The average Bonchev–Trinajstić information content (AvgIpc) is 2.61. The van der Waals surface area contributed by atoms with Gasteiger partial charge in [0.2, 0.25) is 15.9 Å². The second kappa shape index (κ2) is 7.33. The van der Waals surface area contributed by atoms with E-state index in [-0.39, 0.29) is 0 Å². The molecule has 3 rings (SSSR count). The molecule has 1 aliphatic carbocycles. The molecule has 1 amide bonds. The van der Waals surface area contributed by atoms with Crippen LogP contribution in [0.25, 0.3) is 16.7 Å². The first-order valence-corrected chi connectivity index (χ1v) is 10.4. The number of carbonyl (C=O) groups is 1. The van der Waals surface area contributed by atoms with Crippen molar-refractivity contribution in [1.82, 2.24) is 0 Å². The third kappa shape index (κ3) is 4.14. The first kappa shape index (κ1) is 18.2. The van der Waals surface area contributed by atoms with Gasteiger partial charge in [-0.25, -0.2) is 8.42 Å². The lowest BCUT2D eigenvalue weighted by atomic mass is 9.87. The summed E-state index contributed by atoms with van der Waals surface area (Å²) in [5.74, 6) is -0.489. The fourth-order valence-corrected chi connectivity index (χ4v) is 3.81. The van der Waals surface area contributed by atoms with E-state index in [1.807, 2.05) is 6.07 Å². The Kier molecular flexibility index (Phi) is 5.13. The van der Waals surface area contributed by atoms with Gasteiger partial charge in [0, 0.05) is 5.69 Å². The number of rotatable bonds is 5. The lowest BCUT2D eigenvalue weighted by Gasteiger charge is -2.18. The summed E-state index contributed by atoms with van der Waals surface area (Å²) in [6.45, 7) is 0. The normalized spacial score (nSPS) is 14.6. The molecule has 0 atom stereocenters. The molecule has 0 spiro atoms. The summed E-state index contributed by atoms with van der Waals surface area (Å²) in [5, 5.41) is 0. The number of hydrogen-bond donors (Lipinski definition) is 2. The number of hydrogen-bond acceptors (Lipinski definition) is 3. The highest BCUT2D eigenvalue weighted by Crippen LogP contribution is 2.34. The van der Waals surface area contributed by atoms with Crippen LogP contribution in [0.15, 0.2) is 42.5 Å². The minimum Gasteiger partial charge on any atom is -0.366 e. The molecule has 1 aliphatic rings. The molecule has 6 heteroatoms. The van der Waals surface area contributed by atoms with Crippen LogP contribution in [0.4, 0.5) is 5.69 Å². The van der Waals surface area contributed by atoms with E-state index in [2.05, 4.69) is 16.9 Å². The highest BCUT2D eigenvalue weighted by atomic mass is 32.2. The van der Waals surface area contributed by atoms with Crippen LogP contribution in [0, 0.1) is 6.07 Å². The molecule has 0 bridgehead atoms. The number of anilines is 1. The molecule has 5 nitrogen and oxygen atoms in total. The van der Waals surface area contributed by atoms with Gasteiger partial charge in [0.15, 0.2) is 0 Å². The molecular formula is C20H21N2O3S. The zero-order chi connectivity index (χ0) is 18.7. The Balaban J connectivity index is 2.05. The summed E-state index contributed by atoms with van der Waals surface area (Å²) in [6, 6.07) is 13.7. The van der Waals surface area contributed by atoms with Crippen LogP contribution in [-0.4, -0.2) is 20.6 Å². The number of primary amides is 1. The quantitative estimate of drug-likeness (QED) is 0.844. The maximum atomic E-state index is 12.2. The molecule has 0 saturated heterocycles. The Morgan fingerprint density at radius 3 is 2.46 bits per heavy atom. The molecule has 0 fully saturated rings. The fourth-order valence-electron chi connectivity index (χ4n) is 3.25. The van der Waals surface area contributed by atoms with Crippen LogP contribution in [0.2, 0.25) is 0 Å². The highest BCUT2D eigenvalue weighted by Gasteiger charge is 2.19. The van der Waals surface area contributed by atoms with Crippen molar-refractivity contribution in [1.29, 1.82) is 0 Å². The molecule has 0 unspecified atom stereocenters. The van der Waals surface area contributed by atoms with E-state index < -0.39 is 15.9 Å². The van der Waals surface area contributed by atoms with Gasteiger partial charge in [0.1, 0.15) is 0 Å². The molecule has 1 radical (unpaired) electrons. The van der Waals surface area contributed by atoms with Crippen molar-refractivity contribution in [3.8, 4) is 11.1 Å². The minimum atomic E-state index is -3.33. The van der Waals surface area contributed by atoms with E-state index in [4.69, 9.17) is 5.73 Å². The fraction of sp³-hybridized carbons (Fsp3) is 0.250. The monoisotopic (exact) mass is 369 g/mol. The minimum absolute atomic E-state index is 0.462. The van der Waals surface area contributed by atoms with Gasteiger partial charge < -0.3 is 5.73 Å². The smallest absolute Gasteiger partial charge is 0.249 e. The Bertz CT molecular complexity index is 961. The zero-order valence-corrected chi connectivity index (χ0v) is 15.4. The first-order chi connectivity index (χ1) is 12.3. The van der Waals surface area contributed by atoms with Gasteiger partial charge in [-0.05, 0) is 66.1 Å². The summed E-state index contributed by atoms with van der Waals surface area (Å²) in [5.41, 5.74) is 10.0. The van der Waals surface area contributed by atoms with Gasteiger partial charge in [-0.2, -0.15) is 0 Å². The molecule has 135 valence electrons. The number of benzene rings is 2. The van der Waals surface area contributed by atoms with Gasteiger partial charge in [-0.3, -0.25) is 9.52 Å². The third-order valence-electron chi connectivity index (χ3n) is 4.35. The molecule has 0 heterocycles. The van der Waals surface area contributed by atoms with Crippen LogP contribution in [0.5, 0.6) is 0 Å². The highest BCUT2D eigenvalue weighted by molar-refractivity contribution is 7.92. The van der Waals surface area contributed by atoms with Gasteiger partial charge in [0.05, 0.1) is 11.8 Å². The molecule has 3 N–H and O–H groups in total. The van der Waals surface area contributed by atoms with Crippen molar-refractivity contribution in [2.75, 3.05) is 11.0 Å². The summed E-state index contributed by atoms with van der Waals surface area (Å²) in [7, 11) is -3.33. The zero-order valence-electron chi connectivity index (χ0n) is 14.6. The summed E-state index contributed by atoms with van der Waals surface area (Å²) >= 11 is 0. The van der Waals surface area contributed by atoms with Gasteiger partial charge in [-0.15, -0.1) is 0 Å². The summed E-state index contributed by atoms with van der Waals surface area (Å²) in [6.07, 6.45) is 7.42. The Morgan fingerprint density at radius 1 is 1.15 bits per heavy atom. The SMILES string of the molecule is CS(=O)(=O)Nc1ccc(-c2cc[c]c(C3=CCCCC3)c2C(N)=O)cc1. The molecule has 0 saturated carbocycles. The van der Waals surface area contributed by atoms with Crippen LogP contribution in [-0.2, 0) is 10.0 Å². The predicted molar refractivity (Wildman–Crippen MR) is 104 cm³/mol. The second-order valence-electron chi connectivity index (χ2n) is 6.43. The van der Waals surface area contributed by atoms with Crippen LogP contribution in [0.3, 0.4) is 0 Å². The maximum Gasteiger partial charge on any atom is 0.249 e. The number of carbonyl (C=O) groups excluding carboxylic acids is 1. The third-order valence-corrected chi connectivity index (χ3v) is 4.96. The average molecular weight is 369 g/mol. The number of allylic oxidation sites excluding steroid dienone is 2. The number of sulfonamides is 1. The van der Waals surface area contributed by atoms with Crippen LogP contribution < -0.4 is 10.5 Å². The Hall–Kier alpha value is -2.60. The van der Waals surface area contributed by atoms with Gasteiger partial charge >= 0.3 is 0 Å². The van der Waals surface area contributed by atoms with E-state index in [0.717, 1.165) is 54.2 Å². The van der Waals surface area contributed by atoms with Crippen molar-refractivity contribution in [3.63, 3.8) is 0 Å². The van der Waals surface area contributed by atoms with Crippen molar-refractivity contribution in [2.45, 2.75) is 25.7 Å². The maximum absolute atomic E-state index is 12.2. The topological polar surface area (TPSA) is 89.3 Å². The Labute approximate surface area is 154 Å². The first-order valence-electron chi connectivity index (χ1n) is 8.47. The lowest BCUT2D eigenvalue weighted by Crippen LogP contribution is -2.15. The molecule has 2 aromatic carbocycles. The van der Waals surface area contributed by atoms with E-state index in [0.29, 0.717) is 11.3 Å². The van der Waals surface area contributed by atoms with E-state index in [9.17, 15) is 13.2 Å². The second-order valence-corrected chi connectivity index (χ2v) is 8.18. The standard InChI is InChI=1S/C20H21N2O3S/c1-26(24,25)22-16-12-10-15(11-13-16)18-9-5-8-17(19(18)20(21)23)14-6-3-2-4-7-14/h5-6,9-13,22H,2-4,7H2,1H3,(H2,21,23). The van der Waals surface area contributed by atoms with E-state index in [1.54, 1.807) is 30.3 Å². The van der Waals surface area contributed by atoms with Crippen molar-refractivity contribution in [3.05, 3.63) is 59.7 Å². The summed E-state index contributed by atoms with van der Waals surface area (Å²) in [4.78, 5) is 12.2.